The summed E-state index contributed by atoms with van der Waals surface area (Å²) in [4.78, 5) is 0. The average Bonchev–Trinajstić information content (AvgIpc) is 2.31. The van der Waals surface area contributed by atoms with Crippen molar-refractivity contribution >= 4 is 15.9 Å². The van der Waals surface area contributed by atoms with Crippen molar-refractivity contribution in [3.63, 3.8) is 0 Å². The first-order valence-electron chi connectivity index (χ1n) is 5.39. The van der Waals surface area contributed by atoms with Crippen LogP contribution in [-0.2, 0) is 0 Å². The standard InChI is InChI=1S/C14H12BrFO/c1-2-17-12-7-8-13(14(16)9-12)10-3-5-11(15)6-4-10/h3-9H,2H2,1H3. The van der Waals surface area contributed by atoms with Crippen LogP contribution in [0.5, 0.6) is 5.75 Å². The molecule has 0 unspecified atom stereocenters. The van der Waals surface area contributed by atoms with Gasteiger partial charge in [-0.3, -0.25) is 0 Å². The van der Waals surface area contributed by atoms with Gasteiger partial charge in [-0.2, -0.15) is 0 Å². The maximum atomic E-state index is 13.9. The highest BCUT2D eigenvalue weighted by Crippen LogP contribution is 2.27. The fraction of sp³-hybridized carbons (Fsp3) is 0.143. The first-order valence-corrected chi connectivity index (χ1v) is 6.18. The molecule has 0 aliphatic rings. The lowest BCUT2D eigenvalue weighted by atomic mass is 10.1. The van der Waals surface area contributed by atoms with Crippen LogP contribution in [0.2, 0.25) is 0 Å². The highest BCUT2D eigenvalue weighted by Gasteiger charge is 2.06. The number of hydrogen-bond donors (Lipinski definition) is 0. The lowest BCUT2D eigenvalue weighted by molar-refractivity contribution is 0.338. The molecule has 17 heavy (non-hydrogen) atoms. The molecule has 88 valence electrons. The highest BCUT2D eigenvalue weighted by atomic mass is 79.9. The zero-order chi connectivity index (χ0) is 12.3. The molecule has 2 rings (SSSR count). The zero-order valence-electron chi connectivity index (χ0n) is 9.41. The van der Waals surface area contributed by atoms with E-state index >= 15 is 0 Å². The van der Waals surface area contributed by atoms with Crippen LogP contribution in [0.3, 0.4) is 0 Å². The maximum absolute atomic E-state index is 13.9. The molecule has 3 heteroatoms. The molecule has 0 aromatic heterocycles. The molecule has 0 N–H and O–H groups in total. The van der Waals surface area contributed by atoms with Crippen LogP contribution in [-0.4, -0.2) is 6.61 Å². The number of hydrogen-bond acceptors (Lipinski definition) is 1. The van der Waals surface area contributed by atoms with Gasteiger partial charge in [0.1, 0.15) is 11.6 Å². The summed E-state index contributed by atoms with van der Waals surface area (Å²) in [5, 5.41) is 0. The van der Waals surface area contributed by atoms with E-state index < -0.39 is 0 Å². The van der Waals surface area contributed by atoms with Gasteiger partial charge in [-0.1, -0.05) is 28.1 Å². The third-order valence-corrected chi connectivity index (χ3v) is 2.94. The molecule has 0 aliphatic heterocycles. The maximum Gasteiger partial charge on any atom is 0.134 e. The smallest absolute Gasteiger partial charge is 0.134 e. The van der Waals surface area contributed by atoms with Crippen LogP contribution in [0.25, 0.3) is 11.1 Å². The Morgan fingerprint density at radius 1 is 1.12 bits per heavy atom. The Labute approximate surface area is 108 Å². The average molecular weight is 295 g/mol. The number of halogens is 2. The molecular formula is C14H12BrFO. The summed E-state index contributed by atoms with van der Waals surface area (Å²) < 4.78 is 20.1. The molecular weight excluding hydrogens is 283 g/mol. The number of ether oxygens (including phenoxy) is 1. The molecule has 0 saturated carbocycles. The predicted molar refractivity (Wildman–Crippen MR) is 70.7 cm³/mol. The minimum absolute atomic E-state index is 0.265. The van der Waals surface area contributed by atoms with Gasteiger partial charge >= 0.3 is 0 Å². The van der Waals surface area contributed by atoms with Gasteiger partial charge in [0.2, 0.25) is 0 Å². The summed E-state index contributed by atoms with van der Waals surface area (Å²) in [6, 6.07) is 12.5. The van der Waals surface area contributed by atoms with Crippen molar-refractivity contribution in [2.24, 2.45) is 0 Å². The van der Waals surface area contributed by atoms with E-state index in [9.17, 15) is 4.39 Å². The summed E-state index contributed by atoms with van der Waals surface area (Å²) in [6.45, 7) is 2.41. The van der Waals surface area contributed by atoms with E-state index in [1.807, 2.05) is 31.2 Å². The molecule has 2 aromatic carbocycles. The van der Waals surface area contributed by atoms with E-state index in [0.29, 0.717) is 17.9 Å². The van der Waals surface area contributed by atoms with E-state index in [-0.39, 0.29) is 5.82 Å². The van der Waals surface area contributed by atoms with Gasteiger partial charge in [0.15, 0.2) is 0 Å². The third-order valence-electron chi connectivity index (χ3n) is 2.41. The second-order valence-electron chi connectivity index (χ2n) is 3.58. The van der Waals surface area contributed by atoms with Crippen molar-refractivity contribution in [2.75, 3.05) is 6.61 Å². The quantitative estimate of drug-likeness (QED) is 0.800. The highest BCUT2D eigenvalue weighted by molar-refractivity contribution is 9.10. The van der Waals surface area contributed by atoms with Gasteiger partial charge < -0.3 is 4.74 Å². The summed E-state index contributed by atoms with van der Waals surface area (Å²) in [7, 11) is 0. The zero-order valence-corrected chi connectivity index (χ0v) is 11.0. The van der Waals surface area contributed by atoms with E-state index in [1.165, 1.54) is 6.07 Å². The molecule has 0 bridgehead atoms. The number of benzene rings is 2. The van der Waals surface area contributed by atoms with Crippen LogP contribution in [0.4, 0.5) is 4.39 Å². The Hall–Kier alpha value is -1.35. The lowest BCUT2D eigenvalue weighted by Crippen LogP contribution is -1.93. The van der Waals surface area contributed by atoms with E-state index in [0.717, 1.165) is 10.0 Å². The minimum atomic E-state index is -0.265. The first-order chi connectivity index (χ1) is 8.20. The van der Waals surface area contributed by atoms with Gasteiger partial charge in [0.25, 0.3) is 0 Å². The van der Waals surface area contributed by atoms with Gasteiger partial charge in [-0.15, -0.1) is 0 Å². The molecule has 0 fully saturated rings. The van der Waals surface area contributed by atoms with Crippen molar-refractivity contribution in [1.29, 1.82) is 0 Å². The molecule has 0 amide bonds. The van der Waals surface area contributed by atoms with Crippen molar-refractivity contribution in [3.8, 4) is 16.9 Å². The number of rotatable bonds is 3. The largest absolute Gasteiger partial charge is 0.494 e. The summed E-state index contributed by atoms with van der Waals surface area (Å²) in [5.74, 6) is 0.295. The van der Waals surface area contributed by atoms with Crippen LogP contribution >= 0.6 is 15.9 Å². The summed E-state index contributed by atoms with van der Waals surface area (Å²) in [6.07, 6.45) is 0. The Kier molecular flexibility index (Phi) is 3.79. The van der Waals surface area contributed by atoms with E-state index in [4.69, 9.17) is 4.74 Å². The van der Waals surface area contributed by atoms with E-state index in [1.54, 1.807) is 12.1 Å². The molecule has 0 radical (unpaired) electrons. The van der Waals surface area contributed by atoms with Crippen LogP contribution < -0.4 is 4.74 Å². The monoisotopic (exact) mass is 294 g/mol. The topological polar surface area (TPSA) is 9.23 Å². The van der Waals surface area contributed by atoms with Crippen molar-refractivity contribution in [1.82, 2.24) is 0 Å². The van der Waals surface area contributed by atoms with Crippen molar-refractivity contribution in [3.05, 3.63) is 52.8 Å². The SMILES string of the molecule is CCOc1ccc(-c2ccc(Br)cc2)c(F)c1. The minimum Gasteiger partial charge on any atom is -0.494 e. The van der Waals surface area contributed by atoms with Gasteiger partial charge in [-0.25, -0.2) is 4.39 Å². The molecule has 0 spiro atoms. The van der Waals surface area contributed by atoms with Gasteiger partial charge in [0, 0.05) is 16.1 Å². The molecule has 2 aromatic rings. The van der Waals surface area contributed by atoms with Crippen LogP contribution in [0.15, 0.2) is 46.9 Å². The fourth-order valence-corrected chi connectivity index (χ4v) is 1.88. The first kappa shape index (κ1) is 12.1. The third kappa shape index (κ3) is 2.86. The molecule has 0 saturated heterocycles. The Morgan fingerprint density at radius 3 is 2.41 bits per heavy atom. The van der Waals surface area contributed by atoms with Crippen molar-refractivity contribution < 1.29 is 9.13 Å². The Morgan fingerprint density at radius 2 is 1.82 bits per heavy atom. The van der Waals surface area contributed by atoms with Crippen molar-refractivity contribution in [2.45, 2.75) is 6.92 Å². The molecule has 0 atom stereocenters. The second kappa shape index (κ2) is 5.32. The Balaban J connectivity index is 2.36. The summed E-state index contributed by atoms with van der Waals surface area (Å²) >= 11 is 3.35. The van der Waals surface area contributed by atoms with E-state index in [2.05, 4.69) is 15.9 Å². The van der Waals surface area contributed by atoms with Gasteiger partial charge in [-0.05, 0) is 36.8 Å². The van der Waals surface area contributed by atoms with Gasteiger partial charge in [0.05, 0.1) is 6.61 Å². The second-order valence-corrected chi connectivity index (χ2v) is 4.50. The van der Waals surface area contributed by atoms with Crippen LogP contribution in [0.1, 0.15) is 6.92 Å². The normalized spacial score (nSPS) is 10.3. The fourth-order valence-electron chi connectivity index (χ4n) is 1.62. The van der Waals surface area contributed by atoms with Crippen LogP contribution in [0, 0.1) is 5.82 Å². The molecule has 0 heterocycles. The lowest BCUT2D eigenvalue weighted by Gasteiger charge is -2.07. The predicted octanol–water partition coefficient (Wildman–Crippen LogP) is 4.65. The molecule has 0 aliphatic carbocycles. The summed E-state index contributed by atoms with van der Waals surface area (Å²) in [5.41, 5.74) is 1.44. The molecule has 1 nitrogen and oxygen atoms in total. The Bertz CT molecular complexity index is 508.